The maximum absolute atomic E-state index is 12.2. The minimum Gasteiger partial charge on any atom is -0.369 e. The molecule has 108 valence electrons. The Morgan fingerprint density at radius 3 is 2.40 bits per heavy atom. The number of carbonyl (C=O) groups excluding carboxylic acids is 2. The van der Waals surface area contributed by atoms with Crippen molar-refractivity contribution in [3.63, 3.8) is 0 Å². The number of hydrogen-bond donors (Lipinski definition) is 2. The predicted octanol–water partition coefficient (Wildman–Crippen LogP) is 2.99. The minimum atomic E-state index is -0.232. The molecule has 0 saturated heterocycles. The van der Waals surface area contributed by atoms with E-state index in [0.29, 0.717) is 5.56 Å². The molecule has 0 aliphatic heterocycles. The van der Waals surface area contributed by atoms with Gasteiger partial charge in [-0.05, 0) is 59.8 Å². The summed E-state index contributed by atoms with van der Waals surface area (Å²) >= 11 is 6.74. The number of carbonyl (C=O) groups is 2. The van der Waals surface area contributed by atoms with Crippen molar-refractivity contribution in [2.24, 2.45) is 11.7 Å². The van der Waals surface area contributed by atoms with E-state index in [2.05, 4.69) is 37.2 Å². The average Bonchev–Trinajstić information content (AvgIpc) is 2.42. The maximum atomic E-state index is 12.2. The first-order valence-electron chi connectivity index (χ1n) is 6.52. The summed E-state index contributed by atoms with van der Waals surface area (Å²) in [5, 5.41) is 3.02. The van der Waals surface area contributed by atoms with Crippen LogP contribution in [0.2, 0.25) is 0 Å². The summed E-state index contributed by atoms with van der Waals surface area (Å²) in [5.41, 5.74) is 5.91. The zero-order chi connectivity index (χ0) is 14.7. The van der Waals surface area contributed by atoms with Crippen LogP contribution in [0.1, 0.15) is 36.0 Å². The summed E-state index contributed by atoms with van der Waals surface area (Å²) in [6.07, 6.45) is 3.09. The van der Waals surface area contributed by atoms with Crippen LogP contribution in [0.15, 0.2) is 27.1 Å². The maximum Gasteiger partial charge on any atom is 0.252 e. The van der Waals surface area contributed by atoms with E-state index < -0.39 is 0 Å². The number of halogens is 2. The van der Waals surface area contributed by atoms with Gasteiger partial charge in [0, 0.05) is 20.9 Å². The van der Waals surface area contributed by atoms with Gasteiger partial charge in [-0.2, -0.15) is 0 Å². The number of primary amides is 1. The fraction of sp³-hybridized carbons (Fsp3) is 0.429. The third kappa shape index (κ3) is 3.82. The number of nitrogens with one attached hydrogen (secondary N) is 1. The fourth-order valence-electron chi connectivity index (χ4n) is 2.46. The van der Waals surface area contributed by atoms with Crippen LogP contribution < -0.4 is 11.1 Å². The van der Waals surface area contributed by atoms with Gasteiger partial charge in [-0.3, -0.25) is 9.59 Å². The van der Waals surface area contributed by atoms with Gasteiger partial charge >= 0.3 is 0 Å². The normalized spacial score (nSPS) is 22.3. The van der Waals surface area contributed by atoms with Gasteiger partial charge in [0.1, 0.15) is 0 Å². The first-order chi connectivity index (χ1) is 9.47. The lowest BCUT2D eigenvalue weighted by Gasteiger charge is -2.27. The van der Waals surface area contributed by atoms with Crippen LogP contribution in [0.25, 0.3) is 0 Å². The van der Waals surface area contributed by atoms with E-state index in [0.717, 1.165) is 34.6 Å². The molecule has 6 heteroatoms. The highest BCUT2D eigenvalue weighted by atomic mass is 79.9. The van der Waals surface area contributed by atoms with Gasteiger partial charge in [0.25, 0.3) is 5.91 Å². The Morgan fingerprint density at radius 2 is 1.80 bits per heavy atom. The highest BCUT2D eigenvalue weighted by Crippen LogP contribution is 2.25. The van der Waals surface area contributed by atoms with Crippen LogP contribution >= 0.6 is 31.9 Å². The van der Waals surface area contributed by atoms with Gasteiger partial charge in [0.2, 0.25) is 5.91 Å². The number of rotatable bonds is 3. The summed E-state index contributed by atoms with van der Waals surface area (Å²) in [5.74, 6) is -0.369. The zero-order valence-electron chi connectivity index (χ0n) is 10.9. The third-order valence-electron chi connectivity index (χ3n) is 3.64. The van der Waals surface area contributed by atoms with Gasteiger partial charge in [0.05, 0.1) is 5.56 Å². The van der Waals surface area contributed by atoms with Crippen molar-refractivity contribution in [3.05, 3.63) is 32.7 Å². The van der Waals surface area contributed by atoms with Crippen molar-refractivity contribution < 1.29 is 9.59 Å². The van der Waals surface area contributed by atoms with E-state index in [9.17, 15) is 9.59 Å². The van der Waals surface area contributed by atoms with Crippen LogP contribution in [0.5, 0.6) is 0 Å². The Kier molecular flexibility index (Phi) is 5.21. The molecule has 20 heavy (non-hydrogen) atoms. The van der Waals surface area contributed by atoms with Gasteiger partial charge in [-0.15, -0.1) is 0 Å². The number of hydrogen-bond acceptors (Lipinski definition) is 2. The number of amides is 2. The van der Waals surface area contributed by atoms with E-state index in [-0.39, 0.29) is 23.8 Å². The van der Waals surface area contributed by atoms with Crippen molar-refractivity contribution in [3.8, 4) is 0 Å². The largest absolute Gasteiger partial charge is 0.369 e. The van der Waals surface area contributed by atoms with Crippen LogP contribution in [-0.4, -0.2) is 17.9 Å². The first-order valence-corrected chi connectivity index (χ1v) is 8.11. The smallest absolute Gasteiger partial charge is 0.252 e. The molecule has 3 N–H and O–H groups in total. The summed E-state index contributed by atoms with van der Waals surface area (Å²) in [6.45, 7) is 0. The second kappa shape index (κ2) is 6.72. The van der Waals surface area contributed by atoms with Gasteiger partial charge < -0.3 is 11.1 Å². The molecule has 1 aromatic rings. The molecule has 0 bridgehead atoms. The van der Waals surface area contributed by atoms with Crippen molar-refractivity contribution in [2.75, 3.05) is 0 Å². The molecular weight excluding hydrogens is 388 g/mol. The molecule has 0 atom stereocenters. The lowest BCUT2D eigenvalue weighted by molar-refractivity contribution is -0.122. The van der Waals surface area contributed by atoms with E-state index in [1.54, 1.807) is 6.07 Å². The molecule has 2 amide bonds. The van der Waals surface area contributed by atoms with Gasteiger partial charge in [-0.25, -0.2) is 0 Å². The summed E-state index contributed by atoms with van der Waals surface area (Å²) in [7, 11) is 0. The Labute approximate surface area is 134 Å². The first kappa shape index (κ1) is 15.5. The van der Waals surface area contributed by atoms with Crippen LogP contribution in [0.4, 0.5) is 0 Å². The zero-order valence-corrected chi connectivity index (χ0v) is 14.0. The Hall–Kier alpha value is -0.880. The predicted molar refractivity (Wildman–Crippen MR) is 84.2 cm³/mol. The minimum absolute atomic E-state index is 0.0410. The Morgan fingerprint density at radius 1 is 1.15 bits per heavy atom. The SMILES string of the molecule is NC(=O)C1CCC(NC(=O)c2cc(Br)ccc2Br)CC1. The van der Waals surface area contributed by atoms with Crippen LogP contribution in [0.3, 0.4) is 0 Å². The molecule has 1 saturated carbocycles. The second-order valence-corrected chi connectivity index (χ2v) is 6.82. The lowest BCUT2D eigenvalue weighted by atomic mass is 9.85. The molecule has 1 aliphatic rings. The molecule has 0 aromatic heterocycles. The molecule has 2 rings (SSSR count). The quantitative estimate of drug-likeness (QED) is 0.814. The fourth-order valence-corrected chi connectivity index (χ4v) is 3.24. The molecule has 0 spiro atoms. The Bertz CT molecular complexity index is 526. The summed E-state index contributed by atoms with van der Waals surface area (Å²) in [6, 6.07) is 5.61. The second-order valence-electron chi connectivity index (χ2n) is 5.05. The summed E-state index contributed by atoms with van der Waals surface area (Å²) in [4.78, 5) is 23.4. The van der Waals surface area contributed by atoms with Crippen molar-refractivity contribution in [1.29, 1.82) is 0 Å². The van der Waals surface area contributed by atoms with Gasteiger partial charge in [0.15, 0.2) is 0 Å². The van der Waals surface area contributed by atoms with Crippen molar-refractivity contribution in [2.45, 2.75) is 31.7 Å². The van der Waals surface area contributed by atoms with E-state index in [4.69, 9.17) is 5.73 Å². The molecule has 0 heterocycles. The molecule has 1 aliphatic carbocycles. The average molecular weight is 404 g/mol. The Balaban J connectivity index is 1.96. The number of nitrogens with two attached hydrogens (primary N) is 1. The highest BCUT2D eigenvalue weighted by Gasteiger charge is 2.26. The standard InChI is InChI=1S/C14H16Br2N2O2/c15-9-3-6-12(16)11(7-9)14(20)18-10-4-1-8(2-5-10)13(17)19/h3,6-8,10H,1-2,4-5H2,(H2,17,19)(H,18,20). The monoisotopic (exact) mass is 402 g/mol. The van der Waals surface area contributed by atoms with Crippen LogP contribution in [-0.2, 0) is 4.79 Å². The lowest BCUT2D eigenvalue weighted by Crippen LogP contribution is -2.39. The molecular formula is C14H16Br2N2O2. The topological polar surface area (TPSA) is 72.2 Å². The van der Waals surface area contributed by atoms with Crippen molar-refractivity contribution >= 4 is 43.7 Å². The van der Waals surface area contributed by atoms with Crippen molar-refractivity contribution in [1.82, 2.24) is 5.32 Å². The third-order valence-corrected chi connectivity index (χ3v) is 4.82. The van der Waals surface area contributed by atoms with Crippen LogP contribution in [0, 0.1) is 5.92 Å². The van der Waals surface area contributed by atoms with Gasteiger partial charge in [-0.1, -0.05) is 15.9 Å². The molecule has 0 unspecified atom stereocenters. The number of benzene rings is 1. The van der Waals surface area contributed by atoms with E-state index in [1.165, 1.54) is 0 Å². The van der Waals surface area contributed by atoms with E-state index in [1.807, 2.05) is 12.1 Å². The molecule has 0 radical (unpaired) electrons. The molecule has 1 fully saturated rings. The van der Waals surface area contributed by atoms with E-state index >= 15 is 0 Å². The molecule has 1 aromatic carbocycles. The molecule has 4 nitrogen and oxygen atoms in total. The summed E-state index contributed by atoms with van der Waals surface area (Å²) < 4.78 is 1.63. The highest BCUT2D eigenvalue weighted by molar-refractivity contribution is 9.11.